The van der Waals surface area contributed by atoms with Gasteiger partial charge in [-0.05, 0) is 25.3 Å². The summed E-state index contributed by atoms with van der Waals surface area (Å²) in [5.41, 5.74) is 0.846. The number of thiazole rings is 1. The van der Waals surface area contributed by atoms with E-state index in [9.17, 15) is 9.90 Å². The first-order valence-corrected chi connectivity index (χ1v) is 9.08. The molecule has 24 heavy (non-hydrogen) atoms. The van der Waals surface area contributed by atoms with Gasteiger partial charge < -0.3 is 10.4 Å². The highest BCUT2D eigenvalue weighted by atomic mass is 32.1. The minimum atomic E-state index is -0.931. The van der Waals surface area contributed by atoms with E-state index >= 15 is 0 Å². The number of rotatable bonds is 7. The minimum Gasteiger partial charge on any atom is -0.384 e. The fourth-order valence-electron chi connectivity index (χ4n) is 2.70. The maximum Gasteiger partial charge on any atom is 0.225 e. The lowest BCUT2D eigenvalue weighted by Crippen LogP contribution is -2.35. The molecule has 1 heterocycles. The molecule has 1 fully saturated rings. The average Bonchev–Trinajstić information content (AvgIpc) is 3.27. The Morgan fingerprint density at radius 2 is 2.12 bits per heavy atom. The Morgan fingerprint density at radius 3 is 2.75 bits per heavy atom. The molecule has 1 aromatic carbocycles. The Morgan fingerprint density at radius 1 is 1.42 bits per heavy atom. The summed E-state index contributed by atoms with van der Waals surface area (Å²) in [6.45, 7) is 4.39. The number of benzene rings is 1. The molecule has 0 radical (unpaired) electrons. The number of hydrogen-bond donors (Lipinski definition) is 2. The van der Waals surface area contributed by atoms with Crippen LogP contribution in [0.4, 0.5) is 5.13 Å². The Labute approximate surface area is 146 Å². The zero-order chi connectivity index (χ0) is 17.2. The summed E-state index contributed by atoms with van der Waals surface area (Å²) in [7, 11) is 0. The standard InChI is InChI=1S/C18H23N3O2S/c1-13(22)21(16-8-9-16)17-20-15(11-24-17)10-19-12-18(2,23)14-6-4-3-5-7-14/h3-7,11,16,19,23H,8-10,12H2,1-2H3. The number of carbonyl (C=O) groups excluding carboxylic acids is 1. The van der Waals surface area contributed by atoms with Crippen molar-refractivity contribution in [2.75, 3.05) is 11.4 Å². The van der Waals surface area contributed by atoms with E-state index in [4.69, 9.17) is 0 Å². The van der Waals surface area contributed by atoms with Crippen molar-refractivity contribution in [1.82, 2.24) is 10.3 Å². The third kappa shape index (κ3) is 4.01. The van der Waals surface area contributed by atoms with Crippen molar-refractivity contribution < 1.29 is 9.90 Å². The SMILES string of the molecule is CC(=O)N(c1nc(CNCC(C)(O)c2ccccc2)cs1)C1CC1. The zero-order valence-electron chi connectivity index (χ0n) is 14.0. The van der Waals surface area contributed by atoms with E-state index in [1.54, 1.807) is 18.7 Å². The summed E-state index contributed by atoms with van der Waals surface area (Å²) in [4.78, 5) is 18.1. The molecule has 0 saturated heterocycles. The first-order valence-electron chi connectivity index (χ1n) is 8.20. The van der Waals surface area contributed by atoms with Gasteiger partial charge in [0.15, 0.2) is 5.13 Å². The van der Waals surface area contributed by atoms with Gasteiger partial charge >= 0.3 is 0 Å². The molecule has 5 nitrogen and oxygen atoms in total. The van der Waals surface area contributed by atoms with Crippen LogP contribution in [0.5, 0.6) is 0 Å². The van der Waals surface area contributed by atoms with Crippen LogP contribution in [-0.2, 0) is 16.9 Å². The van der Waals surface area contributed by atoms with Crippen molar-refractivity contribution in [2.24, 2.45) is 0 Å². The van der Waals surface area contributed by atoms with Crippen LogP contribution in [0.1, 0.15) is 37.9 Å². The zero-order valence-corrected chi connectivity index (χ0v) is 14.8. The van der Waals surface area contributed by atoms with Gasteiger partial charge in [-0.25, -0.2) is 4.98 Å². The van der Waals surface area contributed by atoms with Gasteiger partial charge in [-0.3, -0.25) is 9.69 Å². The third-order valence-corrected chi connectivity index (χ3v) is 5.06. The summed E-state index contributed by atoms with van der Waals surface area (Å²) in [5, 5.41) is 16.6. The second kappa shape index (κ2) is 7.01. The highest BCUT2D eigenvalue weighted by molar-refractivity contribution is 7.14. The van der Waals surface area contributed by atoms with Crippen LogP contribution < -0.4 is 10.2 Å². The topological polar surface area (TPSA) is 65.5 Å². The molecule has 1 atom stereocenters. The molecule has 1 unspecified atom stereocenters. The van der Waals surface area contributed by atoms with E-state index < -0.39 is 5.60 Å². The van der Waals surface area contributed by atoms with Crippen molar-refractivity contribution in [2.45, 2.75) is 44.9 Å². The number of aromatic nitrogens is 1. The maximum absolute atomic E-state index is 11.8. The summed E-state index contributed by atoms with van der Waals surface area (Å²) in [6, 6.07) is 9.94. The summed E-state index contributed by atoms with van der Waals surface area (Å²) in [5.74, 6) is 0.0540. The van der Waals surface area contributed by atoms with Crippen LogP contribution in [0, 0.1) is 0 Å². The Bertz CT molecular complexity index is 695. The van der Waals surface area contributed by atoms with Crippen LogP contribution in [0.15, 0.2) is 35.7 Å². The van der Waals surface area contributed by atoms with Crippen LogP contribution in [0.2, 0.25) is 0 Å². The quantitative estimate of drug-likeness (QED) is 0.810. The number of aliphatic hydroxyl groups is 1. The number of anilines is 1. The molecule has 0 spiro atoms. The summed E-state index contributed by atoms with van der Waals surface area (Å²) < 4.78 is 0. The molecule has 1 aromatic heterocycles. The lowest BCUT2D eigenvalue weighted by atomic mass is 9.96. The van der Waals surface area contributed by atoms with Gasteiger partial charge in [0.25, 0.3) is 0 Å². The fraction of sp³-hybridized carbons (Fsp3) is 0.444. The van der Waals surface area contributed by atoms with Crippen LogP contribution in [-0.4, -0.2) is 28.6 Å². The number of nitrogens with zero attached hydrogens (tertiary/aromatic N) is 2. The molecule has 0 aliphatic heterocycles. The van der Waals surface area contributed by atoms with Crippen molar-refractivity contribution >= 4 is 22.4 Å². The van der Waals surface area contributed by atoms with Crippen LogP contribution in [0.25, 0.3) is 0 Å². The van der Waals surface area contributed by atoms with E-state index in [2.05, 4.69) is 10.3 Å². The fourth-order valence-corrected chi connectivity index (χ4v) is 3.64. The average molecular weight is 345 g/mol. The lowest BCUT2D eigenvalue weighted by molar-refractivity contribution is -0.116. The van der Waals surface area contributed by atoms with Crippen molar-refractivity contribution in [3.05, 3.63) is 47.0 Å². The molecular formula is C18H23N3O2S. The molecule has 3 rings (SSSR count). The molecular weight excluding hydrogens is 322 g/mol. The van der Waals surface area contributed by atoms with Gasteiger partial charge in [0.05, 0.1) is 11.3 Å². The van der Waals surface area contributed by atoms with Crippen LogP contribution in [0.3, 0.4) is 0 Å². The Hall–Kier alpha value is -1.76. The monoisotopic (exact) mass is 345 g/mol. The predicted molar refractivity (Wildman–Crippen MR) is 96.0 cm³/mol. The number of nitrogens with one attached hydrogen (secondary N) is 1. The Kier molecular flexibility index (Phi) is 4.99. The maximum atomic E-state index is 11.8. The van der Waals surface area contributed by atoms with Gasteiger partial charge in [0.2, 0.25) is 5.91 Å². The molecule has 2 N–H and O–H groups in total. The Balaban J connectivity index is 1.57. The van der Waals surface area contributed by atoms with Crippen molar-refractivity contribution in [1.29, 1.82) is 0 Å². The van der Waals surface area contributed by atoms with E-state index in [-0.39, 0.29) is 5.91 Å². The number of carbonyl (C=O) groups is 1. The highest BCUT2D eigenvalue weighted by Gasteiger charge is 2.33. The van der Waals surface area contributed by atoms with Gasteiger partial charge in [-0.15, -0.1) is 11.3 Å². The molecule has 128 valence electrons. The predicted octanol–water partition coefficient (Wildman–Crippen LogP) is 2.66. The summed E-state index contributed by atoms with van der Waals surface area (Å²) in [6.07, 6.45) is 2.12. The molecule has 1 saturated carbocycles. The molecule has 6 heteroatoms. The summed E-state index contributed by atoms with van der Waals surface area (Å²) >= 11 is 1.50. The van der Waals surface area contributed by atoms with Crippen molar-refractivity contribution in [3.63, 3.8) is 0 Å². The molecule has 1 amide bonds. The smallest absolute Gasteiger partial charge is 0.225 e. The largest absolute Gasteiger partial charge is 0.384 e. The molecule has 1 aliphatic rings. The van der Waals surface area contributed by atoms with Gasteiger partial charge in [0, 0.05) is 31.4 Å². The van der Waals surface area contributed by atoms with Gasteiger partial charge in [-0.1, -0.05) is 30.3 Å². The van der Waals surface area contributed by atoms with E-state index in [1.165, 1.54) is 11.3 Å². The highest BCUT2D eigenvalue weighted by Crippen LogP contribution is 2.33. The lowest BCUT2D eigenvalue weighted by Gasteiger charge is -2.24. The van der Waals surface area contributed by atoms with Gasteiger partial charge in [-0.2, -0.15) is 0 Å². The van der Waals surface area contributed by atoms with E-state index in [0.717, 1.165) is 29.2 Å². The van der Waals surface area contributed by atoms with E-state index in [1.807, 2.05) is 35.7 Å². The van der Waals surface area contributed by atoms with Crippen LogP contribution >= 0.6 is 11.3 Å². The number of hydrogen-bond acceptors (Lipinski definition) is 5. The second-order valence-corrected chi connectivity index (χ2v) is 7.32. The van der Waals surface area contributed by atoms with Crippen molar-refractivity contribution in [3.8, 4) is 0 Å². The minimum absolute atomic E-state index is 0.0540. The van der Waals surface area contributed by atoms with Gasteiger partial charge in [0.1, 0.15) is 0 Å². The first kappa shape index (κ1) is 17.1. The molecule has 1 aliphatic carbocycles. The molecule has 0 bridgehead atoms. The number of amides is 1. The molecule has 2 aromatic rings. The van der Waals surface area contributed by atoms with E-state index in [0.29, 0.717) is 19.1 Å². The normalized spacial score (nSPS) is 16.6. The third-order valence-electron chi connectivity index (χ3n) is 4.17. The first-order chi connectivity index (χ1) is 11.5. The second-order valence-electron chi connectivity index (χ2n) is 6.49.